The highest BCUT2D eigenvalue weighted by Gasteiger charge is 2.30. The molecule has 1 aromatic carbocycles. The van der Waals surface area contributed by atoms with Crippen LogP contribution in [-0.4, -0.2) is 4.57 Å². The van der Waals surface area contributed by atoms with Gasteiger partial charge in [-0.1, -0.05) is 17.7 Å². The van der Waals surface area contributed by atoms with Crippen molar-refractivity contribution in [1.29, 1.82) is 0 Å². The minimum atomic E-state index is -4.36. The average molecular weight is 294 g/mol. The fraction of sp³-hybridized carbons (Fsp3) is 0.167. The van der Waals surface area contributed by atoms with E-state index in [9.17, 15) is 13.2 Å². The van der Waals surface area contributed by atoms with Gasteiger partial charge in [-0.15, -0.1) is 11.6 Å². The number of nitrogens with zero attached hydrogens (tertiary/aromatic N) is 1. The van der Waals surface area contributed by atoms with Gasteiger partial charge < -0.3 is 4.57 Å². The molecule has 1 heterocycles. The topological polar surface area (TPSA) is 4.93 Å². The third kappa shape index (κ3) is 2.65. The Labute approximate surface area is 112 Å². The summed E-state index contributed by atoms with van der Waals surface area (Å²) in [5.41, 5.74) is 0.371. The Morgan fingerprint density at radius 2 is 1.89 bits per heavy atom. The van der Waals surface area contributed by atoms with Crippen LogP contribution in [0.3, 0.4) is 0 Å². The van der Waals surface area contributed by atoms with Crippen molar-refractivity contribution in [2.45, 2.75) is 12.1 Å². The molecule has 0 N–H and O–H groups in total. The fourth-order valence-corrected chi connectivity index (χ4v) is 2.06. The Hall–Kier alpha value is -1.13. The van der Waals surface area contributed by atoms with Crippen molar-refractivity contribution in [1.82, 2.24) is 4.57 Å². The van der Waals surface area contributed by atoms with Crippen molar-refractivity contribution in [3.05, 3.63) is 52.8 Å². The quantitative estimate of drug-likeness (QED) is 0.695. The molecule has 0 saturated carbocycles. The van der Waals surface area contributed by atoms with Crippen molar-refractivity contribution >= 4 is 23.2 Å². The van der Waals surface area contributed by atoms with Crippen molar-refractivity contribution < 1.29 is 13.2 Å². The lowest BCUT2D eigenvalue weighted by Gasteiger charge is -2.09. The van der Waals surface area contributed by atoms with E-state index in [1.807, 2.05) is 0 Å². The first-order valence-corrected chi connectivity index (χ1v) is 5.93. The molecule has 0 spiro atoms. The number of alkyl halides is 4. The van der Waals surface area contributed by atoms with Gasteiger partial charge >= 0.3 is 6.18 Å². The molecule has 0 unspecified atom stereocenters. The molecule has 0 fully saturated rings. The summed E-state index contributed by atoms with van der Waals surface area (Å²) < 4.78 is 39.3. The van der Waals surface area contributed by atoms with Gasteiger partial charge in [-0.2, -0.15) is 13.2 Å². The lowest BCUT2D eigenvalue weighted by molar-refractivity contribution is -0.137. The van der Waals surface area contributed by atoms with Gasteiger partial charge in [0.25, 0.3) is 0 Å². The van der Waals surface area contributed by atoms with Crippen LogP contribution in [0.4, 0.5) is 13.2 Å². The van der Waals surface area contributed by atoms with E-state index in [2.05, 4.69) is 0 Å². The van der Waals surface area contributed by atoms with E-state index in [4.69, 9.17) is 23.2 Å². The zero-order valence-corrected chi connectivity index (χ0v) is 10.5. The fourth-order valence-electron chi connectivity index (χ4n) is 1.56. The second-order valence-corrected chi connectivity index (χ2v) is 4.39. The predicted molar refractivity (Wildman–Crippen MR) is 65.3 cm³/mol. The van der Waals surface area contributed by atoms with Crippen LogP contribution in [0.25, 0.3) is 5.69 Å². The van der Waals surface area contributed by atoms with Crippen LogP contribution >= 0.6 is 23.2 Å². The van der Waals surface area contributed by atoms with Crippen molar-refractivity contribution in [2.75, 3.05) is 0 Å². The molecular weight excluding hydrogens is 286 g/mol. The molecule has 0 aliphatic rings. The molecule has 0 aliphatic heterocycles. The molecule has 0 aliphatic carbocycles. The highest BCUT2D eigenvalue weighted by atomic mass is 35.5. The van der Waals surface area contributed by atoms with Crippen LogP contribution in [0.1, 0.15) is 11.1 Å². The van der Waals surface area contributed by atoms with Crippen LogP contribution in [0.15, 0.2) is 36.7 Å². The summed E-state index contributed by atoms with van der Waals surface area (Å²) in [5.74, 6) is 0.213. The molecule has 18 heavy (non-hydrogen) atoms. The van der Waals surface area contributed by atoms with Crippen molar-refractivity contribution in [3.8, 4) is 5.69 Å². The molecule has 0 bridgehead atoms. The van der Waals surface area contributed by atoms with Gasteiger partial charge in [0, 0.05) is 23.6 Å². The van der Waals surface area contributed by atoms with Gasteiger partial charge in [-0.05, 0) is 18.2 Å². The number of benzene rings is 1. The Kier molecular flexibility index (Phi) is 3.59. The Morgan fingerprint density at radius 3 is 2.44 bits per heavy atom. The van der Waals surface area contributed by atoms with Crippen LogP contribution in [0.5, 0.6) is 0 Å². The molecule has 1 aromatic heterocycles. The summed E-state index contributed by atoms with van der Waals surface area (Å²) in [4.78, 5) is 0. The number of aromatic nitrogens is 1. The van der Waals surface area contributed by atoms with Crippen molar-refractivity contribution in [2.24, 2.45) is 0 Å². The number of rotatable bonds is 2. The monoisotopic (exact) mass is 293 g/mol. The maximum Gasteiger partial charge on any atom is 0.416 e. The minimum absolute atomic E-state index is 0.213. The molecule has 0 amide bonds. The molecule has 1 nitrogen and oxygen atoms in total. The maximum atomic E-state index is 12.6. The molecule has 0 atom stereocenters. The average Bonchev–Trinajstić information content (AvgIpc) is 2.70. The number of hydrogen-bond donors (Lipinski definition) is 0. The van der Waals surface area contributed by atoms with Gasteiger partial charge in [-0.3, -0.25) is 0 Å². The molecule has 2 rings (SSSR count). The molecule has 2 aromatic rings. The van der Waals surface area contributed by atoms with Gasteiger partial charge in [0.15, 0.2) is 0 Å². The Bertz CT molecular complexity index is 561. The first kappa shape index (κ1) is 13.3. The van der Waals surface area contributed by atoms with Crippen LogP contribution in [-0.2, 0) is 12.1 Å². The minimum Gasteiger partial charge on any atom is -0.322 e. The van der Waals surface area contributed by atoms with Crippen LogP contribution < -0.4 is 0 Å². The summed E-state index contributed by atoms with van der Waals surface area (Å²) in [5, 5.41) is 0.433. The van der Waals surface area contributed by atoms with E-state index in [0.717, 1.165) is 12.1 Å². The zero-order chi connectivity index (χ0) is 13.3. The van der Waals surface area contributed by atoms with E-state index in [0.29, 0.717) is 16.3 Å². The maximum absolute atomic E-state index is 12.6. The Balaban J connectivity index is 2.44. The third-order valence-corrected chi connectivity index (χ3v) is 3.10. The largest absolute Gasteiger partial charge is 0.416 e. The van der Waals surface area contributed by atoms with Crippen molar-refractivity contribution in [3.63, 3.8) is 0 Å². The molecule has 96 valence electrons. The summed E-state index contributed by atoms with van der Waals surface area (Å²) in [6, 6.07) is 5.02. The smallest absolute Gasteiger partial charge is 0.322 e. The normalized spacial score (nSPS) is 11.8. The lowest BCUT2D eigenvalue weighted by Crippen LogP contribution is -2.05. The number of hydrogen-bond acceptors (Lipinski definition) is 0. The second kappa shape index (κ2) is 4.86. The van der Waals surface area contributed by atoms with Gasteiger partial charge in [0.2, 0.25) is 0 Å². The summed E-state index contributed by atoms with van der Waals surface area (Å²) in [6.07, 6.45) is -1.21. The number of halogens is 5. The molecule has 0 radical (unpaired) electrons. The van der Waals surface area contributed by atoms with E-state index in [1.165, 1.54) is 16.8 Å². The second-order valence-electron chi connectivity index (χ2n) is 3.72. The van der Waals surface area contributed by atoms with Crippen LogP contribution in [0, 0.1) is 0 Å². The highest BCUT2D eigenvalue weighted by Crippen LogP contribution is 2.31. The van der Waals surface area contributed by atoms with E-state index < -0.39 is 11.7 Å². The lowest BCUT2D eigenvalue weighted by atomic mass is 10.2. The van der Waals surface area contributed by atoms with Crippen LogP contribution in [0.2, 0.25) is 5.02 Å². The predicted octanol–water partition coefficient (Wildman–Crippen LogP) is 4.89. The van der Waals surface area contributed by atoms with E-state index >= 15 is 0 Å². The third-order valence-electron chi connectivity index (χ3n) is 2.47. The summed E-state index contributed by atoms with van der Waals surface area (Å²) in [6.45, 7) is 0. The summed E-state index contributed by atoms with van der Waals surface area (Å²) in [7, 11) is 0. The zero-order valence-electron chi connectivity index (χ0n) is 9.01. The van der Waals surface area contributed by atoms with Gasteiger partial charge in [-0.25, -0.2) is 0 Å². The first-order valence-electron chi connectivity index (χ1n) is 5.02. The highest BCUT2D eigenvalue weighted by molar-refractivity contribution is 6.32. The van der Waals surface area contributed by atoms with E-state index in [1.54, 1.807) is 12.3 Å². The molecular formula is C12H8Cl2F3N. The first-order chi connectivity index (χ1) is 8.41. The standard InChI is InChI=1S/C12H8Cl2F3N/c13-5-8-6-18(7-11(8)14)10-3-1-2-9(4-10)12(15,16)17/h1-4,6-7H,5H2. The van der Waals surface area contributed by atoms with Gasteiger partial charge in [0.1, 0.15) is 0 Å². The SMILES string of the molecule is FC(F)(F)c1cccc(-n2cc(Cl)c(CCl)c2)c1. The Morgan fingerprint density at radius 1 is 1.17 bits per heavy atom. The summed E-state index contributed by atoms with van der Waals surface area (Å²) >= 11 is 11.6. The van der Waals surface area contributed by atoms with E-state index in [-0.39, 0.29) is 5.88 Å². The molecule has 6 heteroatoms. The molecule has 0 saturated heterocycles. The van der Waals surface area contributed by atoms with Gasteiger partial charge in [0.05, 0.1) is 16.5 Å².